The van der Waals surface area contributed by atoms with E-state index in [-0.39, 0.29) is 10.7 Å². The van der Waals surface area contributed by atoms with Gasteiger partial charge in [-0.2, -0.15) is 18.3 Å². The summed E-state index contributed by atoms with van der Waals surface area (Å²) >= 11 is 5.83. The normalized spacial score (nSPS) is 20.0. The van der Waals surface area contributed by atoms with Crippen LogP contribution >= 0.6 is 11.6 Å². The van der Waals surface area contributed by atoms with Crippen molar-refractivity contribution in [2.75, 3.05) is 25.5 Å². The monoisotopic (exact) mass is 324 g/mol. The van der Waals surface area contributed by atoms with Gasteiger partial charge in [-0.1, -0.05) is 11.6 Å². The Kier molecular flexibility index (Phi) is 4.77. The molecule has 1 aromatic rings. The van der Waals surface area contributed by atoms with Gasteiger partial charge in [0.15, 0.2) is 0 Å². The summed E-state index contributed by atoms with van der Waals surface area (Å²) in [5.41, 5.74) is -0.681. The number of nitrogens with one attached hydrogen (secondary N) is 1. The molecule has 2 rings (SSSR count). The van der Waals surface area contributed by atoms with Crippen LogP contribution in [-0.2, 0) is 6.54 Å². The first-order valence-corrected chi connectivity index (χ1v) is 6.92. The zero-order chi connectivity index (χ0) is 15.6. The zero-order valence-electron chi connectivity index (χ0n) is 11.5. The average Bonchev–Trinajstić information content (AvgIpc) is 2.78. The van der Waals surface area contributed by atoms with Crippen molar-refractivity contribution in [1.82, 2.24) is 14.7 Å². The van der Waals surface area contributed by atoms with Gasteiger partial charge < -0.3 is 10.2 Å². The second kappa shape index (κ2) is 6.23. The maximum atomic E-state index is 12.3. The molecule has 2 heterocycles. The fourth-order valence-corrected chi connectivity index (χ4v) is 2.55. The Morgan fingerprint density at radius 3 is 2.81 bits per heavy atom. The van der Waals surface area contributed by atoms with Crippen molar-refractivity contribution in [2.24, 2.45) is 0 Å². The molecule has 1 saturated heterocycles. The summed E-state index contributed by atoms with van der Waals surface area (Å²) < 4.78 is 37.2. The smallest absolute Gasteiger partial charge is 0.381 e. The number of anilines is 1. The lowest BCUT2D eigenvalue weighted by Crippen LogP contribution is -2.33. The summed E-state index contributed by atoms with van der Waals surface area (Å²) in [6.45, 7) is 0.128. The van der Waals surface area contributed by atoms with Crippen molar-refractivity contribution in [3.05, 3.63) is 21.6 Å². The summed E-state index contributed by atoms with van der Waals surface area (Å²) in [6.07, 6.45) is -1.23. The number of hydrogen-bond acceptors (Lipinski definition) is 4. The first kappa shape index (κ1) is 16.1. The SMILES string of the molecule is CN1CCCC1CNc1cnn(CC(F)(F)F)c(=O)c1Cl. The minimum Gasteiger partial charge on any atom is -0.381 e. The van der Waals surface area contributed by atoms with Crippen LogP contribution in [-0.4, -0.2) is 47.0 Å². The fraction of sp³-hybridized carbons (Fsp3) is 0.667. The number of nitrogens with zero attached hydrogens (tertiary/aromatic N) is 3. The standard InChI is InChI=1S/C12H16ClF3N4O/c1-19-4-2-3-8(19)5-17-9-6-18-20(7-12(14,15)16)11(21)10(9)13/h6,8,17H,2-5,7H2,1H3. The number of hydrogen-bond donors (Lipinski definition) is 1. The maximum absolute atomic E-state index is 12.3. The highest BCUT2D eigenvalue weighted by atomic mass is 35.5. The quantitative estimate of drug-likeness (QED) is 0.920. The molecule has 0 spiro atoms. The van der Waals surface area contributed by atoms with Gasteiger partial charge >= 0.3 is 6.18 Å². The van der Waals surface area contributed by atoms with Gasteiger partial charge in [-0.05, 0) is 26.4 Å². The molecule has 0 aliphatic carbocycles. The molecular weight excluding hydrogens is 309 g/mol. The Morgan fingerprint density at radius 2 is 2.24 bits per heavy atom. The van der Waals surface area contributed by atoms with E-state index in [0.29, 0.717) is 17.3 Å². The molecule has 5 nitrogen and oxygen atoms in total. The van der Waals surface area contributed by atoms with E-state index in [1.165, 1.54) is 0 Å². The highest BCUT2D eigenvalue weighted by molar-refractivity contribution is 6.32. The van der Waals surface area contributed by atoms with Crippen LogP contribution in [0.5, 0.6) is 0 Å². The predicted octanol–water partition coefficient (Wildman–Crippen LogP) is 1.97. The molecule has 0 amide bonds. The van der Waals surface area contributed by atoms with Gasteiger partial charge in [-0.25, -0.2) is 4.68 Å². The number of rotatable bonds is 4. The molecular formula is C12H16ClF3N4O. The molecule has 1 aliphatic heterocycles. The van der Waals surface area contributed by atoms with Crippen LogP contribution in [0, 0.1) is 0 Å². The van der Waals surface area contributed by atoms with Gasteiger partial charge in [0.2, 0.25) is 0 Å². The van der Waals surface area contributed by atoms with E-state index in [9.17, 15) is 18.0 Å². The molecule has 21 heavy (non-hydrogen) atoms. The Labute approximate surface area is 124 Å². The van der Waals surface area contributed by atoms with Crippen LogP contribution in [0.4, 0.5) is 18.9 Å². The highest BCUT2D eigenvalue weighted by Gasteiger charge is 2.30. The predicted molar refractivity (Wildman–Crippen MR) is 73.7 cm³/mol. The molecule has 0 saturated carbocycles. The summed E-state index contributed by atoms with van der Waals surface area (Å²) in [4.78, 5) is 13.9. The Morgan fingerprint density at radius 1 is 1.52 bits per heavy atom. The number of likely N-dealkylation sites (N-methyl/N-ethyl adjacent to an activating group) is 1. The van der Waals surface area contributed by atoms with Crippen molar-refractivity contribution in [3.63, 3.8) is 0 Å². The zero-order valence-corrected chi connectivity index (χ0v) is 12.2. The summed E-state index contributed by atoms with van der Waals surface area (Å²) in [7, 11) is 2.00. The van der Waals surface area contributed by atoms with Crippen molar-refractivity contribution >= 4 is 17.3 Å². The Hall–Kier alpha value is -1.28. The summed E-state index contributed by atoms with van der Waals surface area (Å²) in [5.74, 6) is 0. The molecule has 1 atom stereocenters. The first-order chi connectivity index (χ1) is 9.78. The minimum atomic E-state index is -4.51. The van der Waals surface area contributed by atoms with Gasteiger partial charge in [0, 0.05) is 12.6 Å². The molecule has 1 aliphatic rings. The van der Waals surface area contributed by atoms with Crippen LogP contribution in [0.3, 0.4) is 0 Å². The van der Waals surface area contributed by atoms with Crippen molar-refractivity contribution in [2.45, 2.75) is 31.6 Å². The van der Waals surface area contributed by atoms with Gasteiger partial charge in [-0.15, -0.1) is 0 Å². The van der Waals surface area contributed by atoms with Crippen LogP contribution in [0.25, 0.3) is 0 Å². The van der Waals surface area contributed by atoms with Gasteiger partial charge in [0.1, 0.15) is 11.6 Å². The second-order valence-electron chi connectivity index (χ2n) is 5.11. The molecule has 1 aromatic heterocycles. The summed E-state index contributed by atoms with van der Waals surface area (Å²) in [6, 6.07) is 0.318. The fourth-order valence-electron chi connectivity index (χ4n) is 2.34. The van der Waals surface area contributed by atoms with Gasteiger partial charge in [0.25, 0.3) is 5.56 Å². The first-order valence-electron chi connectivity index (χ1n) is 6.54. The van der Waals surface area contributed by atoms with E-state index < -0.39 is 18.3 Å². The van der Waals surface area contributed by atoms with E-state index in [2.05, 4.69) is 15.3 Å². The third kappa shape index (κ3) is 4.10. The molecule has 118 valence electrons. The van der Waals surface area contributed by atoms with E-state index >= 15 is 0 Å². The topological polar surface area (TPSA) is 50.2 Å². The Bertz CT molecular complexity index is 560. The van der Waals surface area contributed by atoms with Gasteiger partial charge in [0.05, 0.1) is 11.9 Å². The molecule has 1 N–H and O–H groups in total. The minimum absolute atomic E-state index is 0.264. The maximum Gasteiger partial charge on any atom is 0.408 e. The van der Waals surface area contributed by atoms with E-state index in [4.69, 9.17) is 11.6 Å². The molecule has 1 unspecified atom stereocenters. The van der Waals surface area contributed by atoms with Crippen LogP contribution in [0.15, 0.2) is 11.0 Å². The van der Waals surface area contributed by atoms with E-state index in [1.807, 2.05) is 7.05 Å². The number of aromatic nitrogens is 2. The van der Waals surface area contributed by atoms with Crippen LogP contribution in [0.1, 0.15) is 12.8 Å². The third-order valence-electron chi connectivity index (χ3n) is 3.51. The molecule has 0 radical (unpaired) electrons. The molecule has 9 heteroatoms. The average molecular weight is 325 g/mol. The lowest BCUT2D eigenvalue weighted by molar-refractivity contribution is -0.143. The van der Waals surface area contributed by atoms with E-state index in [1.54, 1.807) is 0 Å². The van der Waals surface area contributed by atoms with Gasteiger partial charge in [-0.3, -0.25) is 4.79 Å². The third-order valence-corrected chi connectivity index (χ3v) is 3.88. The number of likely N-dealkylation sites (tertiary alicyclic amines) is 1. The summed E-state index contributed by atoms with van der Waals surface area (Å²) in [5, 5.41) is 6.23. The number of halogens is 4. The lowest BCUT2D eigenvalue weighted by Gasteiger charge is -2.20. The highest BCUT2D eigenvalue weighted by Crippen LogP contribution is 2.20. The van der Waals surface area contributed by atoms with Crippen LogP contribution in [0.2, 0.25) is 5.02 Å². The molecule has 1 fully saturated rings. The van der Waals surface area contributed by atoms with Crippen molar-refractivity contribution in [3.8, 4) is 0 Å². The van der Waals surface area contributed by atoms with Crippen LogP contribution < -0.4 is 10.9 Å². The second-order valence-corrected chi connectivity index (χ2v) is 5.49. The molecule has 0 bridgehead atoms. The Balaban J connectivity index is 2.08. The largest absolute Gasteiger partial charge is 0.408 e. The van der Waals surface area contributed by atoms with E-state index in [0.717, 1.165) is 25.6 Å². The van der Waals surface area contributed by atoms with Crippen molar-refractivity contribution in [1.29, 1.82) is 0 Å². The lowest BCUT2D eigenvalue weighted by atomic mass is 10.2. The van der Waals surface area contributed by atoms with Crippen molar-refractivity contribution < 1.29 is 13.2 Å². The number of alkyl halides is 3. The molecule has 0 aromatic carbocycles.